The van der Waals surface area contributed by atoms with E-state index in [1.165, 1.54) is 11.3 Å². The number of nitrogens with one attached hydrogen (secondary N) is 1. The van der Waals surface area contributed by atoms with E-state index >= 15 is 0 Å². The molecule has 0 atom stereocenters. The minimum atomic E-state index is 0.480. The monoisotopic (exact) mass is 237 g/mol. The van der Waals surface area contributed by atoms with Gasteiger partial charge in [-0.25, -0.2) is 0 Å². The summed E-state index contributed by atoms with van der Waals surface area (Å²) in [6.45, 7) is 8.02. The van der Waals surface area contributed by atoms with E-state index in [9.17, 15) is 0 Å². The molecule has 4 nitrogen and oxygen atoms in total. The molecule has 0 aromatic carbocycles. The second kappa shape index (κ2) is 5.19. The molecule has 0 radical (unpaired) electrons. The third kappa shape index (κ3) is 2.69. The standard InChI is InChI=1S/C13H23N3O/c1-5-17-12-6-11(7-12)14-8-13-9(2)15-16(4)10(13)3/h11-12,14H,5-8H2,1-4H3. The van der Waals surface area contributed by atoms with Crippen molar-refractivity contribution in [1.82, 2.24) is 15.1 Å². The summed E-state index contributed by atoms with van der Waals surface area (Å²) in [7, 11) is 2.00. The predicted octanol–water partition coefficient (Wildman–Crippen LogP) is 1.69. The van der Waals surface area contributed by atoms with Gasteiger partial charge in [-0.15, -0.1) is 0 Å². The Balaban J connectivity index is 1.80. The van der Waals surface area contributed by atoms with Crippen LogP contribution in [0.5, 0.6) is 0 Å². The van der Waals surface area contributed by atoms with Gasteiger partial charge in [0.05, 0.1) is 11.8 Å². The summed E-state index contributed by atoms with van der Waals surface area (Å²) in [6, 6.07) is 0.616. The minimum Gasteiger partial charge on any atom is -0.378 e. The summed E-state index contributed by atoms with van der Waals surface area (Å²) >= 11 is 0. The molecule has 1 aromatic rings. The molecule has 1 aromatic heterocycles. The van der Waals surface area contributed by atoms with Crippen molar-refractivity contribution in [2.24, 2.45) is 7.05 Å². The first kappa shape index (κ1) is 12.6. The lowest BCUT2D eigenvalue weighted by molar-refractivity contribution is -0.0102. The smallest absolute Gasteiger partial charge is 0.0641 e. The van der Waals surface area contributed by atoms with Crippen molar-refractivity contribution < 1.29 is 4.74 Å². The number of hydrogen-bond donors (Lipinski definition) is 1. The van der Waals surface area contributed by atoms with Gasteiger partial charge in [-0.3, -0.25) is 4.68 Å². The first-order chi connectivity index (χ1) is 8.11. The van der Waals surface area contributed by atoms with E-state index in [0.717, 1.165) is 31.7 Å². The summed E-state index contributed by atoms with van der Waals surface area (Å²) < 4.78 is 7.51. The van der Waals surface area contributed by atoms with Crippen LogP contribution in [0.4, 0.5) is 0 Å². The van der Waals surface area contributed by atoms with Gasteiger partial charge < -0.3 is 10.1 Å². The van der Waals surface area contributed by atoms with Gasteiger partial charge in [0, 0.05) is 37.5 Å². The van der Waals surface area contributed by atoms with E-state index < -0.39 is 0 Å². The molecule has 0 saturated heterocycles. The van der Waals surface area contributed by atoms with Gasteiger partial charge in [0.25, 0.3) is 0 Å². The van der Waals surface area contributed by atoms with Gasteiger partial charge in [-0.1, -0.05) is 0 Å². The molecule has 0 bridgehead atoms. The summed E-state index contributed by atoms with van der Waals surface area (Å²) in [6.07, 6.45) is 2.77. The molecule has 1 fully saturated rings. The number of aromatic nitrogens is 2. The third-order valence-corrected chi connectivity index (χ3v) is 3.72. The maximum absolute atomic E-state index is 5.56. The first-order valence-electron chi connectivity index (χ1n) is 6.45. The molecular weight excluding hydrogens is 214 g/mol. The summed E-state index contributed by atoms with van der Waals surface area (Å²) in [4.78, 5) is 0. The van der Waals surface area contributed by atoms with Crippen LogP contribution in [0.2, 0.25) is 0 Å². The molecule has 2 rings (SSSR count). The summed E-state index contributed by atoms with van der Waals surface area (Å²) in [5, 5.41) is 8.01. The van der Waals surface area contributed by atoms with E-state index in [0.29, 0.717) is 12.1 Å². The lowest BCUT2D eigenvalue weighted by Gasteiger charge is -2.35. The van der Waals surface area contributed by atoms with Gasteiger partial charge >= 0.3 is 0 Å². The number of aryl methyl sites for hydroxylation is 2. The predicted molar refractivity (Wildman–Crippen MR) is 68.0 cm³/mol. The highest BCUT2D eigenvalue weighted by Crippen LogP contribution is 2.24. The summed E-state index contributed by atoms with van der Waals surface area (Å²) in [5.41, 5.74) is 3.74. The highest BCUT2D eigenvalue weighted by Gasteiger charge is 2.29. The number of nitrogens with zero attached hydrogens (tertiary/aromatic N) is 2. The average Bonchev–Trinajstić information content (AvgIpc) is 2.47. The van der Waals surface area contributed by atoms with Crippen LogP contribution >= 0.6 is 0 Å². The number of rotatable bonds is 5. The highest BCUT2D eigenvalue weighted by atomic mass is 16.5. The Bertz CT molecular complexity index is 380. The molecule has 1 aliphatic rings. The number of ether oxygens (including phenoxy) is 1. The van der Waals surface area contributed by atoms with Crippen molar-refractivity contribution in [2.45, 2.75) is 52.3 Å². The third-order valence-electron chi connectivity index (χ3n) is 3.72. The van der Waals surface area contributed by atoms with Gasteiger partial charge in [-0.05, 0) is 33.6 Å². The molecule has 0 unspecified atom stereocenters. The largest absolute Gasteiger partial charge is 0.378 e. The van der Waals surface area contributed by atoms with Crippen molar-refractivity contribution in [1.29, 1.82) is 0 Å². The topological polar surface area (TPSA) is 39.1 Å². The zero-order chi connectivity index (χ0) is 12.4. The van der Waals surface area contributed by atoms with Gasteiger partial charge in [0.1, 0.15) is 0 Å². The molecule has 4 heteroatoms. The van der Waals surface area contributed by atoms with Crippen LogP contribution in [0, 0.1) is 13.8 Å². The van der Waals surface area contributed by atoms with Gasteiger partial charge in [0.2, 0.25) is 0 Å². The van der Waals surface area contributed by atoms with Gasteiger partial charge in [0.15, 0.2) is 0 Å². The van der Waals surface area contributed by atoms with E-state index in [1.807, 2.05) is 11.7 Å². The van der Waals surface area contributed by atoms with Crippen LogP contribution in [-0.4, -0.2) is 28.5 Å². The lowest BCUT2D eigenvalue weighted by Crippen LogP contribution is -2.45. The number of hydrogen-bond acceptors (Lipinski definition) is 3. The second-order valence-corrected chi connectivity index (χ2v) is 4.90. The molecular formula is C13H23N3O. The molecule has 0 aliphatic heterocycles. The maximum Gasteiger partial charge on any atom is 0.0641 e. The summed E-state index contributed by atoms with van der Waals surface area (Å²) in [5.74, 6) is 0. The SMILES string of the molecule is CCOC1CC(NCc2c(C)nn(C)c2C)C1. The molecule has 0 amide bonds. The van der Waals surface area contributed by atoms with Crippen LogP contribution in [0.15, 0.2) is 0 Å². The normalized spacial score (nSPS) is 23.8. The van der Waals surface area contributed by atoms with Crippen molar-refractivity contribution in [3.8, 4) is 0 Å². The molecule has 0 spiro atoms. The average molecular weight is 237 g/mol. The van der Waals surface area contributed by atoms with Crippen LogP contribution in [0.25, 0.3) is 0 Å². The second-order valence-electron chi connectivity index (χ2n) is 4.90. The Labute approximate surface area is 103 Å². The highest BCUT2D eigenvalue weighted by molar-refractivity contribution is 5.24. The van der Waals surface area contributed by atoms with Crippen LogP contribution in [0.1, 0.15) is 36.7 Å². The van der Waals surface area contributed by atoms with E-state index in [1.54, 1.807) is 0 Å². The molecule has 17 heavy (non-hydrogen) atoms. The molecule has 1 aliphatic carbocycles. The Morgan fingerprint density at radius 3 is 2.65 bits per heavy atom. The zero-order valence-corrected chi connectivity index (χ0v) is 11.3. The Hall–Kier alpha value is -0.870. The lowest BCUT2D eigenvalue weighted by atomic mass is 9.89. The van der Waals surface area contributed by atoms with Crippen molar-refractivity contribution in [3.05, 3.63) is 17.0 Å². The fraction of sp³-hybridized carbons (Fsp3) is 0.769. The van der Waals surface area contributed by atoms with Crippen LogP contribution < -0.4 is 5.32 Å². The van der Waals surface area contributed by atoms with E-state index in [-0.39, 0.29) is 0 Å². The Kier molecular flexibility index (Phi) is 3.84. The maximum atomic E-state index is 5.56. The molecule has 1 heterocycles. The molecule has 1 saturated carbocycles. The van der Waals surface area contributed by atoms with Crippen molar-refractivity contribution >= 4 is 0 Å². The molecule has 1 N–H and O–H groups in total. The fourth-order valence-corrected chi connectivity index (χ4v) is 2.42. The fourth-order valence-electron chi connectivity index (χ4n) is 2.42. The molecule has 96 valence electrons. The van der Waals surface area contributed by atoms with E-state index in [4.69, 9.17) is 4.74 Å². The zero-order valence-electron chi connectivity index (χ0n) is 11.3. The van der Waals surface area contributed by atoms with Crippen molar-refractivity contribution in [2.75, 3.05) is 6.61 Å². The Morgan fingerprint density at radius 2 is 2.12 bits per heavy atom. The Morgan fingerprint density at radius 1 is 1.41 bits per heavy atom. The van der Waals surface area contributed by atoms with E-state index in [2.05, 4.69) is 31.2 Å². The van der Waals surface area contributed by atoms with Crippen LogP contribution in [-0.2, 0) is 18.3 Å². The van der Waals surface area contributed by atoms with Gasteiger partial charge in [-0.2, -0.15) is 5.10 Å². The first-order valence-corrected chi connectivity index (χ1v) is 6.45. The minimum absolute atomic E-state index is 0.480. The quantitative estimate of drug-likeness (QED) is 0.847. The van der Waals surface area contributed by atoms with Crippen LogP contribution in [0.3, 0.4) is 0 Å². The van der Waals surface area contributed by atoms with Crippen molar-refractivity contribution in [3.63, 3.8) is 0 Å².